The minimum atomic E-state index is -3.20. The largest absolute Gasteiger partial charge is 0.393 e. The molecule has 5 nitrogen and oxygen atoms in total. The molecule has 1 atom stereocenters. The van der Waals surface area contributed by atoms with Crippen molar-refractivity contribution in [3.63, 3.8) is 0 Å². The zero-order valence-corrected chi connectivity index (χ0v) is 10.2. The van der Waals surface area contributed by atoms with Gasteiger partial charge in [-0.2, -0.15) is 0 Å². The number of nitrogens with one attached hydrogen (secondary N) is 1. The Hall–Kier alpha value is -0.170. The van der Waals surface area contributed by atoms with E-state index in [1.54, 1.807) is 0 Å². The summed E-state index contributed by atoms with van der Waals surface area (Å²) in [6.07, 6.45) is 1.17. The lowest BCUT2D eigenvalue weighted by atomic mass is 10.2. The average molecular weight is 239 g/mol. The molecule has 6 heteroatoms. The number of methoxy groups -OCH3 is 1. The molecule has 0 aliphatic rings. The molecule has 0 aromatic heterocycles. The van der Waals surface area contributed by atoms with Gasteiger partial charge < -0.3 is 9.84 Å². The number of aliphatic hydroxyl groups is 1. The maximum Gasteiger partial charge on any atom is 0.211 e. The van der Waals surface area contributed by atoms with Crippen LogP contribution < -0.4 is 4.72 Å². The zero-order valence-electron chi connectivity index (χ0n) is 9.40. The third-order valence-corrected chi connectivity index (χ3v) is 3.50. The molecule has 15 heavy (non-hydrogen) atoms. The van der Waals surface area contributed by atoms with Crippen LogP contribution >= 0.6 is 0 Å². The molecule has 0 aliphatic heterocycles. The Kier molecular flexibility index (Phi) is 7.95. The Labute approximate surface area is 91.9 Å². The van der Waals surface area contributed by atoms with E-state index in [1.807, 2.05) is 6.92 Å². The molecule has 2 N–H and O–H groups in total. The summed E-state index contributed by atoms with van der Waals surface area (Å²) < 4.78 is 29.9. The fraction of sp³-hybridized carbons (Fsp3) is 1.00. The molecule has 0 rings (SSSR count). The topological polar surface area (TPSA) is 75.6 Å². The fourth-order valence-corrected chi connectivity index (χ4v) is 2.12. The van der Waals surface area contributed by atoms with Gasteiger partial charge in [0.2, 0.25) is 10.0 Å². The van der Waals surface area contributed by atoms with Crippen molar-refractivity contribution in [3.8, 4) is 0 Å². The minimum Gasteiger partial charge on any atom is -0.393 e. The average Bonchev–Trinajstić information content (AvgIpc) is 2.17. The highest BCUT2D eigenvalue weighted by molar-refractivity contribution is 7.89. The smallest absolute Gasteiger partial charge is 0.211 e. The molecular weight excluding hydrogens is 218 g/mol. The van der Waals surface area contributed by atoms with E-state index >= 15 is 0 Å². The highest BCUT2D eigenvalue weighted by Gasteiger charge is 2.09. The van der Waals surface area contributed by atoms with Gasteiger partial charge in [0.1, 0.15) is 0 Å². The molecule has 0 radical (unpaired) electrons. The quantitative estimate of drug-likeness (QED) is 0.560. The number of ether oxygens (including phenoxy) is 1. The highest BCUT2D eigenvalue weighted by atomic mass is 32.2. The molecule has 0 saturated heterocycles. The van der Waals surface area contributed by atoms with Gasteiger partial charge >= 0.3 is 0 Å². The van der Waals surface area contributed by atoms with Gasteiger partial charge in [0, 0.05) is 20.3 Å². The standard InChI is InChI=1S/C9H21NO4S/c1-3-9(11)5-6-10-15(12,13)8-4-7-14-2/h9-11H,3-8H2,1-2H3. The van der Waals surface area contributed by atoms with Crippen molar-refractivity contribution in [2.75, 3.05) is 26.0 Å². The molecule has 0 aromatic rings. The summed E-state index contributed by atoms with van der Waals surface area (Å²) in [5.41, 5.74) is 0. The van der Waals surface area contributed by atoms with Gasteiger partial charge in [0.25, 0.3) is 0 Å². The van der Waals surface area contributed by atoms with Crippen LogP contribution in [0.5, 0.6) is 0 Å². The maximum atomic E-state index is 11.3. The minimum absolute atomic E-state index is 0.0725. The van der Waals surface area contributed by atoms with Gasteiger partial charge in [-0.1, -0.05) is 6.92 Å². The van der Waals surface area contributed by atoms with Gasteiger partial charge in [-0.3, -0.25) is 0 Å². The van der Waals surface area contributed by atoms with Crippen LogP contribution in [0, 0.1) is 0 Å². The second-order valence-electron chi connectivity index (χ2n) is 3.41. The van der Waals surface area contributed by atoms with Crippen LogP contribution in [0.2, 0.25) is 0 Å². The van der Waals surface area contributed by atoms with E-state index in [-0.39, 0.29) is 5.75 Å². The summed E-state index contributed by atoms with van der Waals surface area (Å²) in [5.74, 6) is 0.0725. The van der Waals surface area contributed by atoms with E-state index in [2.05, 4.69) is 4.72 Å². The lowest BCUT2D eigenvalue weighted by molar-refractivity contribution is 0.162. The molecule has 1 unspecified atom stereocenters. The SMILES string of the molecule is CCC(O)CCNS(=O)(=O)CCCOC. The number of rotatable bonds is 9. The van der Waals surface area contributed by atoms with E-state index < -0.39 is 16.1 Å². The second-order valence-corrected chi connectivity index (χ2v) is 5.34. The van der Waals surface area contributed by atoms with Crippen LogP contribution in [0.25, 0.3) is 0 Å². The van der Waals surface area contributed by atoms with E-state index in [4.69, 9.17) is 4.74 Å². The van der Waals surface area contributed by atoms with Gasteiger partial charge in [-0.15, -0.1) is 0 Å². The van der Waals surface area contributed by atoms with Gasteiger partial charge in [-0.05, 0) is 19.3 Å². The van der Waals surface area contributed by atoms with E-state index in [0.29, 0.717) is 32.4 Å². The third kappa shape index (κ3) is 8.80. The predicted octanol–water partition coefficient (Wildman–Crippen LogP) is 0.103. The maximum absolute atomic E-state index is 11.3. The molecule has 92 valence electrons. The summed E-state index contributed by atoms with van der Waals surface area (Å²) in [6, 6.07) is 0. The normalized spacial score (nSPS) is 14.1. The van der Waals surface area contributed by atoms with Crippen LogP contribution in [0.1, 0.15) is 26.2 Å². The fourth-order valence-electron chi connectivity index (χ4n) is 1.05. The summed E-state index contributed by atoms with van der Waals surface area (Å²) >= 11 is 0. The molecule has 0 heterocycles. The molecule has 0 aromatic carbocycles. The first kappa shape index (κ1) is 14.8. The van der Waals surface area contributed by atoms with Gasteiger partial charge in [0.15, 0.2) is 0 Å². The van der Waals surface area contributed by atoms with E-state index in [1.165, 1.54) is 7.11 Å². The molecule has 0 aliphatic carbocycles. The van der Waals surface area contributed by atoms with Crippen LogP contribution in [0.15, 0.2) is 0 Å². The van der Waals surface area contributed by atoms with Crippen molar-refractivity contribution < 1.29 is 18.3 Å². The molecule has 0 saturated carbocycles. The summed E-state index contributed by atoms with van der Waals surface area (Å²) in [4.78, 5) is 0. The molecule has 0 spiro atoms. The van der Waals surface area contributed by atoms with Crippen LogP contribution in [0.4, 0.5) is 0 Å². The van der Waals surface area contributed by atoms with Crippen molar-refractivity contribution in [2.24, 2.45) is 0 Å². The Morgan fingerprint density at radius 1 is 1.47 bits per heavy atom. The van der Waals surface area contributed by atoms with Crippen molar-refractivity contribution in [1.29, 1.82) is 0 Å². The first-order valence-corrected chi connectivity index (χ1v) is 6.81. The molecular formula is C9H21NO4S. The van der Waals surface area contributed by atoms with E-state index in [9.17, 15) is 13.5 Å². The first-order valence-electron chi connectivity index (χ1n) is 5.16. The van der Waals surface area contributed by atoms with Crippen LogP contribution in [-0.4, -0.2) is 45.6 Å². The lowest BCUT2D eigenvalue weighted by Crippen LogP contribution is -2.29. The summed E-state index contributed by atoms with van der Waals surface area (Å²) in [5, 5.41) is 9.21. The number of hydrogen-bond donors (Lipinski definition) is 2. The molecule has 0 bridgehead atoms. The van der Waals surface area contributed by atoms with Crippen molar-refractivity contribution in [3.05, 3.63) is 0 Å². The highest BCUT2D eigenvalue weighted by Crippen LogP contribution is 1.96. The number of sulfonamides is 1. The van der Waals surface area contributed by atoms with Crippen molar-refractivity contribution >= 4 is 10.0 Å². The Bertz CT molecular complexity index is 240. The van der Waals surface area contributed by atoms with Gasteiger partial charge in [0.05, 0.1) is 11.9 Å². The van der Waals surface area contributed by atoms with Gasteiger partial charge in [-0.25, -0.2) is 13.1 Å². The summed E-state index contributed by atoms with van der Waals surface area (Å²) in [7, 11) is -1.66. The van der Waals surface area contributed by atoms with Crippen molar-refractivity contribution in [1.82, 2.24) is 4.72 Å². The second kappa shape index (κ2) is 8.04. The monoisotopic (exact) mass is 239 g/mol. The van der Waals surface area contributed by atoms with Crippen LogP contribution in [0.3, 0.4) is 0 Å². The molecule has 0 fully saturated rings. The molecule has 0 amide bonds. The van der Waals surface area contributed by atoms with Crippen molar-refractivity contribution in [2.45, 2.75) is 32.3 Å². The zero-order chi connectivity index (χ0) is 11.7. The Balaban J connectivity index is 3.65. The third-order valence-electron chi connectivity index (χ3n) is 2.03. The summed E-state index contributed by atoms with van der Waals surface area (Å²) in [6.45, 7) is 2.60. The Morgan fingerprint density at radius 3 is 2.67 bits per heavy atom. The number of hydrogen-bond acceptors (Lipinski definition) is 4. The Morgan fingerprint density at radius 2 is 2.13 bits per heavy atom. The number of aliphatic hydroxyl groups excluding tert-OH is 1. The van der Waals surface area contributed by atoms with E-state index in [0.717, 1.165) is 0 Å². The first-order chi connectivity index (χ1) is 7.02. The predicted molar refractivity (Wildman–Crippen MR) is 59.2 cm³/mol. The lowest BCUT2D eigenvalue weighted by Gasteiger charge is -2.09. The van der Waals surface area contributed by atoms with Crippen LogP contribution in [-0.2, 0) is 14.8 Å².